The molecule has 4 nitrogen and oxygen atoms in total. The Balaban J connectivity index is 2.54. The highest BCUT2D eigenvalue weighted by atomic mass is 35.5. The largest absolute Gasteiger partial charge is 0.497 e. The highest BCUT2D eigenvalue weighted by Crippen LogP contribution is 2.31. The minimum absolute atomic E-state index is 0.0515. The van der Waals surface area contributed by atoms with Crippen molar-refractivity contribution in [3.05, 3.63) is 65.2 Å². The van der Waals surface area contributed by atoms with E-state index in [0.717, 1.165) is 0 Å². The standard InChI is InChI=1S/C16H15Cl2NO3S/c1-3-10-19(13-5-7-14(22-2)8-6-13)23(20,21)16-11-12(17)4-9-15(16)18/h3-9,11H,1,10H2,2H3. The molecule has 2 aromatic rings. The average molecular weight is 372 g/mol. The first-order valence-corrected chi connectivity index (χ1v) is 8.82. The van der Waals surface area contributed by atoms with Gasteiger partial charge < -0.3 is 4.74 Å². The highest BCUT2D eigenvalue weighted by Gasteiger charge is 2.26. The van der Waals surface area contributed by atoms with Gasteiger partial charge in [0.1, 0.15) is 10.6 Å². The zero-order valence-corrected chi connectivity index (χ0v) is 14.7. The number of hydrogen-bond donors (Lipinski definition) is 0. The molecule has 0 amide bonds. The third kappa shape index (κ3) is 3.80. The topological polar surface area (TPSA) is 46.6 Å². The minimum atomic E-state index is -3.88. The van der Waals surface area contributed by atoms with E-state index in [4.69, 9.17) is 27.9 Å². The maximum atomic E-state index is 13.0. The average Bonchev–Trinajstić information content (AvgIpc) is 2.54. The number of sulfonamides is 1. The molecule has 122 valence electrons. The Labute approximate surface area is 145 Å². The quantitative estimate of drug-likeness (QED) is 0.707. The van der Waals surface area contributed by atoms with Gasteiger partial charge in [-0.2, -0.15) is 0 Å². The normalized spacial score (nSPS) is 11.1. The molecule has 0 spiro atoms. The van der Waals surface area contributed by atoms with Crippen LogP contribution >= 0.6 is 23.2 Å². The fraction of sp³-hybridized carbons (Fsp3) is 0.125. The molecule has 7 heteroatoms. The van der Waals surface area contributed by atoms with Crippen LogP contribution < -0.4 is 9.04 Å². The number of benzene rings is 2. The summed E-state index contributed by atoms with van der Waals surface area (Å²) >= 11 is 12.0. The Bertz CT molecular complexity index is 805. The second kappa shape index (κ2) is 7.25. The summed E-state index contributed by atoms with van der Waals surface area (Å²) < 4.78 is 32.2. The molecule has 0 atom stereocenters. The summed E-state index contributed by atoms with van der Waals surface area (Å²) in [6.45, 7) is 3.71. The first-order chi connectivity index (χ1) is 10.9. The first kappa shape index (κ1) is 17.7. The van der Waals surface area contributed by atoms with Crippen LogP contribution in [-0.2, 0) is 10.0 Å². The summed E-state index contributed by atoms with van der Waals surface area (Å²) in [7, 11) is -2.34. The number of anilines is 1. The van der Waals surface area contributed by atoms with E-state index in [1.54, 1.807) is 31.4 Å². The molecule has 0 aliphatic heterocycles. The first-order valence-electron chi connectivity index (χ1n) is 6.63. The Morgan fingerprint density at radius 1 is 1.17 bits per heavy atom. The molecular weight excluding hydrogens is 357 g/mol. The smallest absolute Gasteiger partial charge is 0.266 e. The number of ether oxygens (including phenoxy) is 1. The van der Waals surface area contributed by atoms with Crippen molar-refractivity contribution in [1.29, 1.82) is 0 Å². The van der Waals surface area contributed by atoms with E-state index >= 15 is 0 Å². The zero-order chi connectivity index (χ0) is 17.0. The number of halogens is 2. The third-order valence-electron chi connectivity index (χ3n) is 3.12. The summed E-state index contributed by atoms with van der Waals surface area (Å²) in [6, 6.07) is 11.0. The molecule has 0 heterocycles. The van der Waals surface area contributed by atoms with Gasteiger partial charge in [0, 0.05) is 5.02 Å². The maximum absolute atomic E-state index is 13.0. The lowest BCUT2D eigenvalue weighted by atomic mass is 10.3. The van der Waals surface area contributed by atoms with Crippen LogP contribution in [0.5, 0.6) is 5.75 Å². The summed E-state index contributed by atoms with van der Waals surface area (Å²) in [5.41, 5.74) is 0.474. The van der Waals surface area contributed by atoms with Crippen LogP contribution in [0.15, 0.2) is 60.0 Å². The van der Waals surface area contributed by atoms with Crippen molar-refractivity contribution >= 4 is 38.9 Å². The summed E-state index contributed by atoms with van der Waals surface area (Å²) in [4.78, 5) is -0.0515. The van der Waals surface area contributed by atoms with Gasteiger partial charge in [-0.1, -0.05) is 29.3 Å². The molecule has 2 aromatic carbocycles. The second-order valence-corrected chi connectivity index (χ2v) is 7.27. The lowest BCUT2D eigenvalue weighted by Crippen LogP contribution is -2.31. The molecule has 0 bridgehead atoms. The van der Waals surface area contributed by atoms with E-state index in [1.807, 2.05) is 0 Å². The van der Waals surface area contributed by atoms with Crippen molar-refractivity contribution in [2.24, 2.45) is 0 Å². The van der Waals surface area contributed by atoms with Crippen LogP contribution in [0.1, 0.15) is 0 Å². The van der Waals surface area contributed by atoms with Crippen LogP contribution in [0, 0.1) is 0 Å². The summed E-state index contributed by atoms with van der Waals surface area (Å²) in [6.07, 6.45) is 1.50. The molecule has 0 unspecified atom stereocenters. The molecule has 2 rings (SSSR count). The Kier molecular flexibility index (Phi) is 5.57. The van der Waals surface area contributed by atoms with Gasteiger partial charge in [-0.05, 0) is 42.5 Å². The van der Waals surface area contributed by atoms with E-state index in [9.17, 15) is 8.42 Å². The molecule has 0 saturated carbocycles. The molecule has 0 aliphatic carbocycles. The fourth-order valence-electron chi connectivity index (χ4n) is 2.00. The van der Waals surface area contributed by atoms with Crippen LogP contribution in [0.25, 0.3) is 0 Å². The van der Waals surface area contributed by atoms with Crippen molar-refractivity contribution in [2.45, 2.75) is 4.90 Å². The van der Waals surface area contributed by atoms with Gasteiger partial charge in [0.25, 0.3) is 10.0 Å². The van der Waals surface area contributed by atoms with Gasteiger partial charge in [0.15, 0.2) is 0 Å². The Hall–Kier alpha value is -1.69. The van der Waals surface area contributed by atoms with Crippen LogP contribution in [0.2, 0.25) is 10.0 Å². The highest BCUT2D eigenvalue weighted by molar-refractivity contribution is 7.93. The number of hydrogen-bond acceptors (Lipinski definition) is 3. The number of methoxy groups -OCH3 is 1. The molecular formula is C16H15Cl2NO3S. The molecule has 0 saturated heterocycles. The van der Waals surface area contributed by atoms with Gasteiger partial charge in [-0.25, -0.2) is 8.42 Å². The van der Waals surface area contributed by atoms with Gasteiger partial charge >= 0.3 is 0 Å². The Morgan fingerprint density at radius 3 is 2.39 bits per heavy atom. The summed E-state index contributed by atoms with van der Waals surface area (Å²) in [5.74, 6) is 0.630. The van der Waals surface area contributed by atoms with Gasteiger partial charge in [-0.3, -0.25) is 4.31 Å². The molecule has 0 aliphatic rings. The molecule has 0 N–H and O–H groups in total. The maximum Gasteiger partial charge on any atom is 0.266 e. The van der Waals surface area contributed by atoms with E-state index in [0.29, 0.717) is 16.5 Å². The zero-order valence-electron chi connectivity index (χ0n) is 12.4. The lowest BCUT2D eigenvalue weighted by molar-refractivity contribution is 0.415. The van der Waals surface area contributed by atoms with E-state index in [-0.39, 0.29) is 16.5 Å². The van der Waals surface area contributed by atoms with Crippen molar-refractivity contribution in [3.8, 4) is 5.75 Å². The molecule has 0 radical (unpaired) electrons. The van der Waals surface area contributed by atoms with Crippen molar-refractivity contribution in [2.75, 3.05) is 18.0 Å². The summed E-state index contributed by atoms with van der Waals surface area (Å²) in [5, 5.41) is 0.401. The van der Waals surface area contributed by atoms with Gasteiger partial charge in [0.05, 0.1) is 24.4 Å². The van der Waals surface area contributed by atoms with Crippen LogP contribution in [0.4, 0.5) is 5.69 Å². The SMILES string of the molecule is C=CCN(c1ccc(OC)cc1)S(=O)(=O)c1cc(Cl)ccc1Cl. The molecule has 0 aromatic heterocycles. The van der Waals surface area contributed by atoms with E-state index in [2.05, 4.69) is 6.58 Å². The monoisotopic (exact) mass is 371 g/mol. The van der Waals surface area contributed by atoms with Crippen molar-refractivity contribution in [1.82, 2.24) is 0 Å². The predicted octanol–water partition coefficient (Wildman–Crippen LogP) is 4.38. The number of nitrogens with zero attached hydrogens (tertiary/aromatic N) is 1. The molecule has 0 fully saturated rings. The number of rotatable bonds is 6. The van der Waals surface area contributed by atoms with E-state index < -0.39 is 10.0 Å². The van der Waals surface area contributed by atoms with Crippen LogP contribution in [-0.4, -0.2) is 22.1 Å². The lowest BCUT2D eigenvalue weighted by Gasteiger charge is -2.24. The second-order valence-electron chi connectivity index (χ2n) is 4.60. The Morgan fingerprint density at radius 2 is 1.83 bits per heavy atom. The minimum Gasteiger partial charge on any atom is -0.497 e. The van der Waals surface area contributed by atoms with Gasteiger partial charge in [-0.15, -0.1) is 6.58 Å². The third-order valence-corrected chi connectivity index (χ3v) is 5.63. The molecule has 23 heavy (non-hydrogen) atoms. The van der Waals surface area contributed by atoms with E-state index in [1.165, 1.54) is 28.6 Å². The van der Waals surface area contributed by atoms with Crippen molar-refractivity contribution < 1.29 is 13.2 Å². The van der Waals surface area contributed by atoms with Crippen LogP contribution in [0.3, 0.4) is 0 Å². The van der Waals surface area contributed by atoms with Gasteiger partial charge in [0.2, 0.25) is 0 Å². The van der Waals surface area contributed by atoms with Crippen molar-refractivity contribution in [3.63, 3.8) is 0 Å². The predicted molar refractivity (Wildman–Crippen MR) is 94.2 cm³/mol. The fourth-order valence-corrected chi connectivity index (χ4v) is 4.18.